The Labute approximate surface area is 266 Å². The Kier molecular flexibility index (Phi) is 9.45. The molecule has 0 spiro atoms. The highest BCUT2D eigenvalue weighted by Gasteiger charge is 2.25. The van der Waals surface area contributed by atoms with Gasteiger partial charge in [-0.25, -0.2) is 4.39 Å². The number of allylic oxidation sites excluding steroid dienone is 1. The zero-order chi connectivity index (χ0) is 31.3. The van der Waals surface area contributed by atoms with Crippen molar-refractivity contribution in [2.75, 3.05) is 6.54 Å². The van der Waals surface area contributed by atoms with Gasteiger partial charge in [0.2, 0.25) is 5.91 Å². The van der Waals surface area contributed by atoms with Gasteiger partial charge in [-0.1, -0.05) is 59.6 Å². The van der Waals surface area contributed by atoms with Crippen LogP contribution in [0.2, 0.25) is 5.02 Å². The third kappa shape index (κ3) is 7.54. The maximum absolute atomic E-state index is 13.7. The second kappa shape index (κ2) is 13.8. The molecule has 2 aliphatic rings. The summed E-state index contributed by atoms with van der Waals surface area (Å²) in [5.74, 6) is -0.526. The van der Waals surface area contributed by atoms with E-state index >= 15 is 0 Å². The summed E-state index contributed by atoms with van der Waals surface area (Å²) in [7, 11) is 0. The second-order valence-corrected chi connectivity index (χ2v) is 12.5. The van der Waals surface area contributed by atoms with Gasteiger partial charge in [0.1, 0.15) is 11.4 Å². The molecule has 0 bridgehead atoms. The number of benzene rings is 3. The SMILES string of the molecule is O=C(N[C@@H](C=C1CCC(c2ccccc2CN2CCCCC2=O)CC1)Cc1ccc(Cl)cc1)c1cc(=O)c2cc(F)ccc2o1. The summed E-state index contributed by atoms with van der Waals surface area (Å²) < 4.78 is 19.4. The Hall–Kier alpha value is -4.23. The van der Waals surface area contributed by atoms with Crippen LogP contribution in [0.3, 0.4) is 0 Å². The van der Waals surface area contributed by atoms with E-state index in [1.165, 1.54) is 28.8 Å². The molecule has 8 heteroatoms. The normalized spacial score (nSPS) is 17.7. The molecular formula is C37H36ClFN2O4. The van der Waals surface area contributed by atoms with Crippen molar-refractivity contribution >= 4 is 34.4 Å². The average molecular weight is 627 g/mol. The zero-order valence-electron chi connectivity index (χ0n) is 25.1. The van der Waals surface area contributed by atoms with E-state index in [2.05, 4.69) is 35.7 Å². The summed E-state index contributed by atoms with van der Waals surface area (Å²) in [5, 5.41) is 3.78. The third-order valence-electron chi connectivity index (χ3n) is 8.94. The smallest absolute Gasteiger partial charge is 0.287 e. The van der Waals surface area contributed by atoms with Crippen molar-refractivity contribution < 1.29 is 18.4 Å². The van der Waals surface area contributed by atoms with E-state index in [1.54, 1.807) is 0 Å². The molecule has 2 heterocycles. The number of hydrogen-bond donors (Lipinski definition) is 1. The minimum atomic E-state index is -0.544. The standard InChI is InChI=1S/C37H36ClFN2O4/c38-28-14-10-25(11-15-28)20-30(40-37(44)35-22-33(42)32-21-29(39)16-17-34(32)45-35)19-24-8-12-26(13-9-24)31-6-2-1-5-27(31)23-41-18-4-3-7-36(41)43/h1-2,5-6,10-11,14-17,19,21-22,26,30H,3-4,7-9,12-13,18,20,23H2,(H,40,44)/t26?,30-/m0/s1. The Morgan fingerprint density at radius 1 is 1.00 bits per heavy atom. The number of halogens is 2. The van der Waals surface area contributed by atoms with Crippen molar-refractivity contribution in [3.8, 4) is 0 Å². The van der Waals surface area contributed by atoms with Crippen molar-refractivity contribution in [2.45, 2.75) is 69.9 Å². The first kappa shape index (κ1) is 30.8. The minimum absolute atomic E-state index is 0.0900. The van der Waals surface area contributed by atoms with Crippen molar-refractivity contribution in [3.63, 3.8) is 0 Å². The highest BCUT2D eigenvalue weighted by Crippen LogP contribution is 2.37. The molecule has 1 saturated carbocycles. The predicted octanol–water partition coefficient (Wildman–Crippen LogP) is 7.72. The first-order chi connectivity index (χ1) is 21.8. The maximum atomic E-state index is 13.7. The van der Waals surface area contributed by atoms with Gasteiger partial charge in [-0.3, -0.25) is 14.4 Å². The summed E-state index contributed by atoms with van der Waals surface area (Å²) in [4.78, 5) is 40.5. The van der Waals surface area contributed by atoms with Gasteiger partial charge in [0.05, 0.1) is 11.4 Å². The number of hydrogen-bond acceptors (Lipinski definition) is 4. The fourth-order valence-electron chi connectivity index (χ4n) is 6.57. The summed E-state index contributed by atoms with van der Waals surface area (Å²) in [6, 6.07) is 20.5. The summed E-state index contributed by atoms with van der Waals surface area (Å²) in [6.07, 6.45) is 9.10. The largest absolute Gasteiger partial charge is 0.451 e. The molecule has 232 valence electrons. The molecule has 2 amide bonds. The Morgan fingerprint density at radius 2 is 1.78 bits per heavy atom. The lowest BCUT2D eigenvalue weighted by Gasteiger charge is -2.31. The van der Waals surface area contributed by atoms with Crippen molar-refractivity contribution in [3.05, 3.63) is 128 Å². The topological polar surface area (TPSA) is 79.6 Å². The summed E-state index contributed by atoms with van der Waals surface area (Å²) >= 11 is 6.11. The number of nitrogens with zero attached hydrogens (tertiary/aromatic N) is 1. The lowest BCUT2D eigenvalue weighted by Crippen LogP contribution is -2.36. The van der Waals surface area contributed by atoms with Gasteiger partial charge < -0.3 is 14.6 Å². The molecule has 1 N–H and O–H groups in total. The van der Waals surface area contributed by atoms with Crippen LogP contribution in [0.4, 0.5) is 4.39 Å². The second-order valence-electron chi connectivity index (χ2n) is 12.1. The Balaban J connectivity index is 1.18. The van der Waals surface area contributed by atoms with Crippen LogP contribution in [0.5, 0.6) is 0 Å². The van der Waals surface area contributed by atoms with Crippen LogP contribution in [-0.4, -0.2) is 29.3 Å². The number of amides is 2. The van der Waals surface area contributed by atoms with Crippen molar-refractivity contribution in [1.82, 2.24) is 10.2 Å². The van der Waals surface area contributed by atoms with E-state index in [0.717, 1.165) is 62.8 Å². The van der Waals surface area contributed by atoms with Gasteiger partial charge >= 0.3 is 0 Å². The predicted molar refractivity (Wildman–Crippen MR) is 174 cm³/mol. The molecule has 1 aliphatic carbocycles. The van der Waals surface area contributed by atoms with Gasteiger partial charge in [-0.15, -0.1) is 0 Å². The maximum Gasteiger partial charge on any atom is 0.287 e. The van der Waals surface area contributed by atoms with Gasteiger partial charge in [0.25, 0.3) is 5.91 Å². The summed E-state index contributed by atoms with van der Waals surface area (Å²) in [5.41, 5.74) is 4.52. The van der Waals surface area contributed by atoms with Crippen LogP contribution < -0.4 is 10.7 Å². The molecular weight excluding hydrogens is 591 g/mol. The Bertz CT molecular complexity index is 1790. The minimum Gasteiger partial charge on any atom is -0.451 e. The lowest BCUT2D eigenvalue weighted by molar-refractivity contribution is -0.133. The molecule has 6 nitrogen and oxygen atoms in total. The number of nitrogens with one attached hydrogen (secondary N) is 1. The molecule has 0 unspecified atom stereocenters. The molecule has 3 aromatic carbocycles. The van der Waals surface area contributed by atoms with Crippen molar-refractivity contribution in [2.24, 2.45) is 0 Å². The van der Waals surface area contributed by atoms with Crippen LogP contribution in [0.1, 0.15) is 78.1 Å². The number of carbonyl (C=O) groups is 2. The van der Waals surface area contributed by atoms with Crippen LogP contribution in [0.15, 0.2) is 93.7 Å². The number of likely N-dealkylation sites (tertiary alicyclic amines) is 1. The van der Waals surface area contributed by atoms with Crippen LogP contribution in [-0.2, 0) is 17.8 Å². The average Bonchev–Trinajstić information content (AvgIpc) is 3.04. The van der Waals surface area contributed by atoms with E-state index in [-0.39, 0.29) is 28.7 Å². The van der Waals surface area contributed by atoms with Crippen LogP contribution >= 0.6 is 11.6 Å². The van der Waals surface area contributed by atoms with Gasteiger partial charge in [0.15, 0.2) is 11.2 Å². The molecule has 1 aliphatic heterocycles. The number of fused-ring (bicyclic) bond motifs is 1. The van der Waals surface area contributed by atoms with Gasteiger partial charge in [-0.2, -0.15) is 0 Å². The molecule has 1 atom stereocenters. The van der Waals surface area contributed by atoms with E-state index in [4.69, 9.17) is 16.0 Å². The quantitative estimate of drug-likeness (QED) is 0.203. The van der Waals surface area contributed by atoms with Crippen LogP contribution in [0, 0.1) is 5.82 Å². The number of rotatable bonds is 8. The molecule has 1 aromatic heterocycles. The molecule has 1 saturated heterocycles. The highest BCUT2D eigenvalue weighted by molar-refractivity contribution is 6.30. The first-order valence-corrected chi connectivity index (χ1v) is 16.0. The molecule has 45 heavy (non-hydrogen) atoms. The van der Waals surface area contributed by atoms with E-state index < -0.39 is 17.2 Å². The van der Waals surface area contributed by atoms with Gasteiger partial charge in [-0.05, 0) is 97.9 Å². The van der Waals surface area contributed by atoms with E-state index in [0.29, 0.717) is 30.3 Å². The summed E-state index contributed by atoms with van der Waals surface area (Å²) in [6.45, 7) is 1.50. The van der Waals surface area contributed by atoms with Crippen LogP contribution in [0.25, 0.3) is 11.0 Å². The van der Waals surface area contributed by atoms with E-state index in [1.807, 2.05) is 29.2 Å². The van der Waals surface area contributed by atoms with Crippen molar-refractivity contribution in [1.29, 1.82) is 0 Å². The number of piperidine rings is 1. The van der Waals surface area contributed by atoms with Gasteiger partial charge in [0, 0.05) is 30.6 Å². The third-order valence-corrected chi connectivity index (χ3v) is 9.19. The fraction of sp³-hybridized carbons (Fsp3) is 0.324. The molecule has 2 fully saturated rings. The highest BCUT2D eigenvalue weighted by atomic mass is 35.5. The molecule has 0 radical (unpaired) electrons. The molecule has 6 rings (SSSR count). The fourth-order valence-corrected chi connectivity index (χ4v) is 6.69. The lowest BCUT2D eigenvalue weighted by atomic mass is 9.79. The van der Waals surface area contributed by atoms with E-state index in [9.17, 15) is 18.8 Å². The Morgan fingerprint density at radius 3 is 2.56 bits per heavy atom. The monoisotopic (exact) mass is 626 g/mol. The zero-order valence-corrected chi connectivity index (χ0v) is 25.8. The number of carbonyl (C=O) groups excluding carboxylic acids is 2. The molecule has 4 aromatic rings. The first-order valence-electron chi connectivity index (χ1n) is 15.7.